The lowest BCUT2D eigenvalue weighted by molar-refractivity contribution is -0.120. The van der Waals surface area contributed by atoms with Gasteiger partial charge in [-0.05, 0) is 31.5 Å². The van der Waals surface area contributed by atoms with E-state index >= 15 is 0 Å². The van der Waals surface area contributed by atoms with E-state index in [2.05, 4.69) is 5.43 Å². The highest BCUT2D eigenvalue weighted by Gasteiger charge is 2.07. The highest BCUT2D eigenvalue weighted by atomic mass is 35.5. The molecule has 1 aromatic rings. The summed E-state index contributed by atoms with van der Waals surface area (Å²) < 4.78 is 5.47. The predicted molar refractivity (Wildman–Crippen MR) is 63.3 cm³/mol. The number of carbonyl (C=O) groups excluding carboxylic acids is 1. The van der Waals surface area contributed by atoms with Crippen LogP contribution in [0.2, 0.25) is 5.02 Å². The molecule has 0 atom stereocenters. The number of amides is 1. The van der Waals surface area contributed by atoms with Gasteiger partial charge in [-0.2, -0.15) is 0 Å². The molecule has 0 aliphatic heterocycles. The van der Waals surface area contributed by atoms with Crippen LogP contribution in [0, 0.1) is 0 Å². The molecule has 0 aliphatic rings. The van der Waals surface area contributed by atoms with Crippen LogP contribution < -0.4 is 16.0 Å². The molecule has 0 aromatic heterocycles. The zero-order chi connectivity index (χ0) is 12.1. The number of carbonyl (C=O) groups is 1. The Morgan fingerprint density at radius 2 is 2.25 bits per heavy atom. The summed E-state index contributed by atoms with van der Waals surface area (Å²) >= 11 is 6.01. The van der Waals surface area contributed by atoms with Gasteiger partial charge in [0.05, 0.1) is 17.5 Å². The Morgan fingerprint density at radius 3 is 2.75 bits per heavy atom. The Balaban J connectivity index is 2.78. The fourth-order valence-corrected chi connectivity index (χ4v) is 1.49. The lowest BCUT2D eigenvalue weighted by atomic mass is 10.1. The molecule has 1 amide bonds. The van der Waals surface area contributed by atoms with Gasteiger partial charge in [0, 0.05) is 0 Å². The zero-order valence-corrected chi connectivity index (χ0v) is 10.0. The molecule has 0 bridgehead atoms. The molecular weight excluding hydrogens is 228 g/mol. The van der Waals surface area contributed by atoms with Gasteiger partial charge in [0.1, 0.15) is 5.75 Å². The number of hydrogen-bond acceptors (Lipinski definition) is 3. The maximum atomic E-state index is 11.0. The Kier molecular flexibility index (Phi) is 4.58. The van der Waals surface area contributed by atoms with Crippen molar-refractivity contribution in [2.45, 2.75) is 26.4 Å². The van der Waals surface area contributed by atoms with Crippen molar-refractivity contribution >= 4 is 17.5 Å². The molecule has 0 saturated carbocycles. The van der Waals surface area contributed by atoms with Gasteiger partial charge in [0.15, 0.2) is 0 Å². The molecule has 88 valence electrons. The first kappa shape index (κ1) is 12.8. The molecule has 0 heterocycles. The number of ether oxygens (including phenoxy) is 1. The van der Waals surface area contributed by atoms with E-state index in [1.54, 1.807) is 18.2 Å². The largest absolute Gasteiger partial charge is 0.489 e. The van der Waals surface area contributed by atoms with Crippen molar-refractivity contribution in [3.63, 3.8) is 0 Å². The average molecular weight is 243 g/mol. The first-order chi connectivity index (χ1) is 7.52. The Bertz CT molecular complexity index is 380. The quantitative estimate of drug-likeness (QED) is 0.480. The first-order valence-electron chi connectivity index (χ1n) is 4.97. The van der Waals surface area contributed by atoms with Crippen LogP contribution in [-0.4, -0.2) is 12.0 Å². The second-order valence-corrected chi connectivity index (χ2v) is 4.08. The number of nitrogens with two attached hydrogens (primary N) is 1. The Morgan fingerprint density at radius 1 is 1.56 bits per heavy atom. The van der Waals surface area contributed by atoms with Crippen LogP contribution in [0.4, 0.5) is 0 Å². The third-order valence-electron chi connectivity index (χ3n) is 1.88. The summed E-state index contributed by atoms with van der Waals surface area (Å²) in [7, 11) is 0. The monoisotopic (exact) mass is 242 g/mol. The first-order valence-corrected chi connectivity index (χ1v) is 5.35. The maximum absolute atomic E-state index is 11.0. The molecule has 3 N–H and O–H groups in total. The summed E-state index contributed by atoms with van der Waals surface area (Å²) in [6, 6.07) is 5.24. The second kappa shape index (κ2) is 5.72. The molecule has 16 heavy (non-hydrogen) atoms. The van der Waals surface area contributed by atoms with E-state index in [9.17, 15) is 4.79 Å². The normalized spacial score (nSPS) is 10.3. The van der Waals surface area contributed by atoms with Crippen molar-refractivity contribution in [3.05, 3.63) is 28.8 Å². The molecule has 0 aliphatic carbocycles. The number of rotatable bonds is 4. The van der Waals surface area contributed by atoms with Gasteiger partial charge in [0.2, 0.25) is 5.91 Å². The van der Waals surface area contributed by atoms with E-state index in [4.69, 9.17) is 22.2 Å². The van der Waals surface area contributed by atoms with Crippen LogP contribution in [-0.2, 0) is 11.2 Å². The minimum atomic E-state index is -0.256. The fraction of sp³-hybridized carbons (Fsp3) is 0.364. The van der Waals surface area contributed by atoms with E-state index in [1.165, 1.54) is 0 Å². The minimum absolute atomic E-state index is 0.0655. The molecule has 0 spiro atoms. The van der Waals surface area contributed by atoms with Crippen LogP contribution >= 0.6 is 11.6 Å². The van der Waals surface area contributed by atoms with Gasteiger partial charge < -0.3 is 4.74 Å². The summed E-state index contributed by atoms with van der Waals surface area (Å²) in [5, 5.41) is 0.496. The van der Waals surface area contributed by atoms with Crippen LogP contribution in [0.5, 0.6) is 5.75 Å². The van der Waals surface area contributed by atoms with E-state index in [1.807, 2.05) is 13.8 Å². The number of hydrogen-bond donors (Lipinski definition) is 2. The second-order valence-electron chi connectivity index (χ2n) is 3.68. The standard InChI is InChI=1S/C11H15ClN2O2/c1-7(2)16-10-4-3-8(5-9(10)12)6-11(15)14-13/h3-5,7H,6,13H2,1-2H3,(H,14,15). The van der Waals surface area contributed by atoms with Gasteiger partial charge in [0.25, 0.3) is 0 Å². The van der Waals surface area contributed by atoms with Gasteiger partial charge in [-0.3, -0.25) is 10.2 Å². The van der Waals surface area contributed by atoms with Crippen LogP contribution in [0.1, 0.15) is 19.4 Å². The summed E-state index contributed by atoms with van der Waals surface area (Å²) in [5.74, 6) is 5.36. The van der Waals surface area contributed by atoms with Crippen molar-refractivity contribution in [1.82, 2.24) is 5.43 Å². The Labute approximate surface area is 99.7 Å². The number of hydrazine groups is 1. The van der Waals surface area contributed by atoms with Gasteiger partial charge >= 0.3 is 0 Å². The number of nitrogens with one attached hydrogen (secondary N) is 1. The molecule has 0 saturated heterocycles. The van der Waals surface area contributed by atoms with Crippen LogP contribution in [0.25, 0.3) is 0 Å². The number of halogens is 1. The van der Waals surface area contributed by atoms with Crippen LogP contribution in [0.3, 0.4) is 0 Å². The fourth-order valence-electron chi connectivity index (χ4n) is 1.24. The minimum Gasteiger partial charge on any atom is -0.489 e. The Hall–Kier alpha value is -1.26. The predicted octanol–water partition coefficient (Wildman–Crippen LogP) is 1.66. The highest BCUT2D eigenvalue weighted by Crippen LogP contribution is 2.26. The molecule has 0 radical (unpaired) electrons. The van der Waals surface area contributed by atoms with Crippen molar-refractivity contribution in [2.75, 3.05) is 0 Å². The summed E-state index contributed by atoms with van der Waals surface area (Å²) in [6.07, 6.45) is 0.272. The smallest absolute Gasteiger partial charge is 0.238 e. The maximum Gasteiger partial charge on any atom is 0.238 e. The molecule has 1 rings (SSSR count). The van der Waals surface area contributed by atoms with Gasteiger partial charge in [-0.15, -0.1) is 0 Å². The van der Waals surface area contributed by atoms with E-state index in [-0.39, 0.29) is 18.4 Å². The van der Waals surface area contributed by atoms with Crippen LogP contribution in [0.15, 0.2) is 18.2 Å². The van der Waals surface area contributed by atoms with Crippen molar-refractivity contribution in [1.29, 1.82) is 0 Å². The molecule has 0 unspecified atom stereocenters. The zero-order valence-electron chi connectivity index (χ0n) is 9.29. The molecule has 1 aromatic carbocycles. The molecule has 4 nitrogen and oxygen atoms in total. The lowest BCUT2D eigenvalue weighted by Crippen LogP contribution is -2.31. The van der Waals surface area contributed by atoms with Crippen molar-refractivity contribution in [2.24, 2.45) is 5.84 Å². The SMILES string of the molecule is CC(C)Oc1ccc(CC(=O)NN)cc1Cl. The summed E-state index contributed by atoms with van der Waals surface area (Å²) in [4.78, 5) is 11.0. The summed E-state index contributed by atoms with van der Waals surface area (Å²) in [5.41, 5.74) is 2.86. The molecular formula is C11H15ClN2O2. The lowest BCUT2D eigenvalue weighted by Gasteiger charge is -2.12. The van der Waals surface area contributed by atoms with Gasteiger partial charge in [-0.25, -0.2) is 5.84 Å². The third kappa shape index (κ3) is 3.72. The number of benzene rings is 1. The average Bonchev–Trinajstić information content (AvgIpc) is 2.21. The van der Waals surface area contributed by atoms with Crippen molar-refractivity contribution in [3.8, 4) is 5.75 Å². The van der Waals surface area contributed by atoms with E-state index < -0.39 is 0 Å². The van der Waals surface area contributed by atoms with E-state index in [0.29, 0.717) is 10.8 Å². The highest BCUT2D eigenvalue weighted by molar-refractivity contribution is 6.32. The van der Waals surface area contributed by atoms with Gasteiger partial charge in [-0.1, -0.05) is 17.7 Å². The topological polar surface area (TPSA) is 64.3 Å². The summed E-state index contributed by atoms with van der Waals surface area (Å²) in [6.45, 7) is 3.85. The van der Waals surface area contributed by atoms with Crippen molar-refractivity contribution < 1.29 is 9.53 Å². The third-order valence-corrected chi connectivity index (χ3v) is 2.18. The molecule has 0 fully saturated rings. The van der Waals surface area contributed by atoms with E-state index in [0.717, 1.165) is 5.56 Å². The molecule has 5 heteroatoms.